The summed E-state index contributed by atoms with van der Waals surface area (Å²) in [6.07, 6.45) is 3.28. The van der Waals surface area contributed by atoms with Gasteiger partial charge in [0.25, 0.3) is 0 Å². The van der Waals surface area contributed by atoms with Crippen molar-refractivity contribution in [2.45, 2.75) is 45.1 Å². The lowest BCUT2D eigenvalue weighted by Gasteiger charge is -2.37. The number of carbonyl (C=O) groups is 1. The van der Waals surface area contributed by atoms with Crippen molar-refractivity contribution in [3.63, 3.8) is 0 Å². The second kappa shape index (κ2) is 6.71. The molecule has 3 heteroatoms. The molecule has 0 atom stereocenters. The van der Waals surface area contributed by atoms with E-state index in [0.29, 0.717) is 18.5 Å². The Morgan fingerprint density at radius 1 is 1.32 bits per heavy atom. The molecule has 0 bridgehead atoms. The van der Waals surface area contributed by atoms with Gasteiger partial charge in [-0.05, 0) is 43.2 Å². The molecular weight excluding hydrogens is 236 g/mol. The summed E-state index contributed by atoms with van der Waals surface area (Å²) in [4.78, 5) is 11.5. The summed E-state index contributed by atoms with van der Waals surface area (Å²) < 4.78 is 0. The Morgan fingerprint density at radius 3 is 2.74 bits per heavy atom. The van der Waals surface area contributed by atoms with Gasteiger partial charge in [-0.2, -0.15) is 0 Å². The number of hydrogen-bond acceptors (Lipinski definition) is 2. The number of rotatable bonds is 6. The predicted octanol–water partition coefficient (Wildman–Crippen LogP) is 2.36. The van der Waals surface area contributed by atoms with Crippen LogP contribution in [0.4, 0.5) is 0 Å². The number of amides is 1. The van der Waals surface area contributed by atoms with Crippen LogP contribution in [0.2, 0.25) is 0 Å². The van der Waals surface area contributed by atoms with E-state index < -0.39 is 0 Å². The summed E-state index contributed by atoms with van der Waals surface area (Å²) >= 11 is 0. The highest BCUT2D eigenvalue weighted by atomic mass is 16.1. The zero-order valence-corrected chi connectivity index (χ0v) is 11.9. The van der Waals surface area contributed by atoms with E-state index in [2.05, 4.69) is 48.7 Å². The van der Waals surface area contributed by atoms with Gasteiger partial charge >= 0.3 is 0 Å². The standard InChI is InChI=1S/C16H24N2O/c1-3-8-17-16(19)11-18-14-9-13(10-14)15-7-5-4-6-12(15)2/h4-7,13-14,18H,3,8-11H2,1-2H3,(H,17,19). The average molecular weight is 260 g/mol. The number of aryl methyl sites for hydroxylation is 1. The molecule has 0 aromatic heterocycles. The molecule has 1 fully saturated rings. The third-order valence-corrected chi connectivity index (χ3v) is 3.89. The fourth-order valence-electron chi connectivity index (χ4n) is 2.65. The van der Waals surface area contributed by atoms with E-state index in [9.17, 15) is 4.79 Å². The summed E-state index contributed by atoms with van der Waals surface area (Å²) in [7, 11) is 0. The molecule has 2 N–H and O–H groups in total. The van der Waals surface area contributed by atoms with Crippen molar-refractivity contribution in [3.8, 4) is 0 Å². The SMILES string of the molecule is CCCNC(=O)CNC1CC(c2ccccc2C)C1. The third-order valence-electron chi connectivity index (χ3n) is 3.89. The first kappa shape index (κ1) is 14.1. The molecule has 104 valence electrons. The van der Waals surface area contributed by atoms with Crippen molar-refractivity contribution in [1.82, 2.24) is 10.6 Å². The topological polar surface area (TPSA) is 41.1 Å². The van der Waals surface area contributed by atoms with Gasteiger partial charge in [0.05, 0.1) is 6.54 Å². The molecule has 0 spiro atoms. The fourth-order valence-corrected chi connectivity index (χ4v) is 2.65. The molecule has 0 unspecified atom stereocenters. The van der Waals surface area contributed by atoms with Crippen LogP contribution in [0.3, 0.4) is 0 Å². The minimum absolute atomic E-state index is 0.112. The molecule has 1 aliphatic rings. The van der Waals surface area contributed by atoms with Gasteiger partial charge in [0.1, 0.15) is 0 Å². The Labute approximate surface area is 115 Å². The first-order chi connectivity index (χ1) is 9.20. The molecule has 19 heavy (non-hydrogen) atoms. The Hall–Kier alpha value is -1.35. The van der Waals surface area contributed by atoms with Gasteiger partial charge in [0.2, 0.25) is 5.91 Å². The zero-order chi connectivity index (χ0) is 13.7. The van der Waals surface area contributed by atoms with Crippen molar-refractivity contribution in [2.75, 3.05) is 13.1 Å². The zero-order valence-electron chi connectivity index (χ0n) is 11.9. The summed E-state index contributed by atoms with van der Waals surface area (Å²) in [5.74, 6) is 0.776. The predicted molar refractivity (Wildman–Crippen MR) is 78.2 cm³/mol. The molecule has 2 rings (SSSR count). The van der Waals surface area contributed by atoms with E-state index in [0.717, 1.165) is 25.8 Å². The molecule has 0 aliphatic heterocycles. The van der Waals surface area contributed by atoms with Gasteiger partial charge in [-0.15, -0.1) is 0 Å². The van der Waals surface area contributed by atoms with E-state index in [1.165, 1.54) is 11.1 Å². The second-order valence-electron chi connectivity index (χ2n) is 5.45. The first-order valence-electron chi connectivity index (χ1n) is 7.26. The number of carbonyl (C=O) groups excluding carboxylic acids is 1. The molecule has 1 amide bonds. The van der Waals surface area contributed by atoms with Crippen molar-refractivity contribution in [1.29, 1.82) is 0 Å². The number of nitrogens with one attached hydrogen (secondary N) is 2. The van der Waals surface area contributed by atoms with E-state index in [4.69, 9.17) is 0 Å². The molecular formula is C16H24N2O. The van der Waals surface area contributed by atoms with Crippen molar-refractivity contribution in [2.24, 2.45) is 0 Å². The van der Waals surface area contributed by atoms with Crippen LogP contribution in [0.1, 0.15) is 43.2 Å². The molecule has 1 aromatic carbocycles. The maximum absolute atomic E-state index is 11.5. The lowest BCUT2D eigenvalue weighted by molar-refractivity contribution is -0.120. The summed E-state index contributed by atoms with van der Waals surface area (Å²) in [5, 5.41) is 6.22. The average Bonchev–Trinajstić information content (AvgIpc) is 2.36. The van der Waals surface area contributed by atoms with Gasteiger partial charge in [0, 0.05) is 12.6 Å². The highest BCUT2D eigenvalue weighted by Crippen LogP contribution is 2.38. The van der Waals surface area contributed by atoms with Crippen LogP contribution in [-0.4, -0.2) is 25.0 Å². The second-order valence-corrected chi connectivity index (χ2v) is 5.45. The molecule has 1 aromatic rings. The molecule has 0 saturated heterocycles. The highest BCUT2D eigenvalue weighted by molar-refractivity contribution is 5.77. The first-order valence-corrected chi connectivity index (χ1v) is 7.26. The van der Waals surface area contributed by atoms with Gasteiger partial charge < -0.3 is 10.6 Å². The molecule has 1 aliphatic carbocycles. The van der Waals surface area contributed by atoms with E-state index in [-0.39, 0.29) is 5.91 Å². The van der Waals surface area contributed by atoms with Crippen LogP contribution in [0.25, 0.3) is 0 Å². The van der Waals surface area contributed by atoms with Gasteiger partial charge in [0.15, 0.2) is 0 Å². The Bertz CT molecular complexity index is 425. The maximum atomic E-state index is 11.5. The van der Waals surface area contributed by atoms with Crippen LogP contribution in [0.15, 0.2) is 24.3 Å². The summed E-state index contributed by atoms with van der Waals surface area (Å²) in [6, 6.07) is 9.10. The number of hydrogen-bond donors (Lipinski definition) is 2. The van der Waals surface area contributed by atoms with Gasteiger partial charge in [-0.25, -0.2) is 0 Å². The van der Waals surface area contributed by atoms with Gasteiger partial charge in [-0.1, -0.05) is 31.2 Å². The smallest absolute Gasteiger partial charge is 0.233 e. The van der Waals surface area contributed by atoms with Crippen molar-refractivity contribution in [3.05, 3.63) is 35.4 Å². The quantitative estimate of drug-likeness (QED) is 0.824. The minimum Gasteiger partial charge on any atom is -0.355 e. The lowest BCUT2D eigenvalue weighted by Crippen LogP contribution is -2.45. The number of benzene rings is 1. The third kappa shape index (κ3) is 3.80. The summed E-state index contributed by atoms with van der Waals surface area (Å²) in [6.45, 7) is 5.46. The molecule has 3 nitrogen and oxygen atoms in total. The lowest BCUT2D eigenvalue weighted by atomic mass is 9.74. The fraction of sp³-hybridized carbons (Fsp3) is 0.562. The maximum Gasteiger partial charge on any atom is 0.233 e. The molecule has 1 saturated carbocycles. The molecule has 0 radical (unpaired) electrons. The Kier molecular flexibility index (Phi) is 4.97. The van der Waals surface area contributed by atoms with E-state index in [1.54, 1.807) is 0 Å². The minimum atomic E-state index is 0.112. The largest absolute Gasteiger partial charge is 0.355 e. The van der Waals surface area contributed by atoms with Crippen molar-refractivity contribution < 1.29 is 4.79 Å². The van der Waals surface area contributed by atoms with Crippen molar-refractivity contribution >= 4 is 5.91 Å². The van der Waals surface area contributed by atoms with E-state index >= 15 is 0 Å². The van der Waals surface area contributed by atoms with E-state index in [1.807, 2.05) is 0 Å². The Balaban J connectivity index is 1.69. The molecule has 0 heterocycles. The monoisotopic (exact) mass is 260 g/mol. The van der Waals surface area contributed by atoms with Crippen LogP contribution in [0, 0.1) is 6.92 Å². The van der Waals surface area contributed by atoms with Crippen LogP contribution >= 0.6 is 0 Å². The van der Waals surface area contributed by atoms with Crippen LogP contribution in [0.5, 0.6) is 0 Å². The Morgan fingerprint density at radius 2 is 2.05 bits per heavy atom. The van der Waals surface area contributed by atoms with Gasteiger partial charge in [-0.3, -0.25) is 4.79 Å². The highest BCUT2D eigenvalue weighted by Gasteiger charge is 2.30. The summed E-state index contributed by atoms with van der Waals surface area (Å²) in [5.41, 5.74) is 2.85. The van der Waals surface area contributed by atoms with Crippen LogP contribution in [-0.2, 0) is 4.79 Å². The normalized spacial score (nSPS) is 21.8. The van der Waals surface area contributed by atoms with Crippen LogP contribution < -0.4 is 10.6 Å².